The summed E-state index contributed by atoms with van der Waals surface area (Å²) < 4.78 is 1.81. The summed E-state index contributed by atoms with van der Waals surface area (Å²) in [6.07, 6.45) is 1.59. The molecule has 0 spiro atoms. The number of rotatable bonds is 6. The molecule has 1 aromatic carbocycles. The molecule has 25 heavy (non-hydrogen) atoms. The van der Waals surface area contributed by atoms with Crippen LogP contribution in [0, 0.1) is 0 Å². The molecule has 2 heterocycles. The van der Waals surface area contributed by atoms with Crippen LogP contribution in [-0.2, 0) is 36.0 Å². The first-order valence-corrected chi connectivity index (χ1v) is 9.17. The minimum absolute atomic E-state index is 0.0983. The second kappa shape index (κ2) is 7.69. The van der Waals surface area contributed by atoms with Crippen LogP contribution in [0.1, 0.15) is 23.4 Å². The molecule has 3 rings (SSSR count). The summed E-state index contributed by atoms with van der Waals surface area (Å²) in [6, 6.07) is 8.25. The van der Waals surface area contributed by atoms with Crippen molar-refractivity contribution in [2.24, 2.45) is 12.8 Å². The molecule has 0 unspecified atom stereocenters. The highest BCUT2D eigenvalue weighted by Crippen LogP contribution is 2.21. The second-order valence-electron chi connectivity index (χ2n) is 6.05. The van der Waals surface area contributed by atoms with E-state index in [9.17, 15) is 9.59 Å². The number of amides is 2. The van der Waals surface area contributed by atoms with Crippen LogP contribution in [0.5, 0.6) is 0 Å². The summed E-state index contributed by atoms with van der Waals surface area (Å²) in [5.41, 5.74) is 7.71. The number of carbonyl (C=O) groups is 2. The lowest BCUT2D eigenvalue weighted by Crippen LogP contribution is -2.37. The SMILES string of the molecule is Cn1c(CCC(N)=O)nnc1SCC(=O)N1CCc2ccccc2C1. The van der Waals surface area contributed by atoms with Gasteiger partial charge in [-0.3, -0.25) is 9.59 Å². The van der Waals surface area contributed by atoms with Crippen LogP contribution >= 0.6 is 11.8 Å². The van der Waals surface area contributed by atoms with Gasteiger partial charge in [-0.05, 0) is 17.5 Å². The smallest absolute Gasteiger partial charge is 0.233 e. The number of aromatic nitrogens is 3. The average Bonchev–Trinajstić information content (AvgIpc) is 2.97. The van der Waals surface area contributed by atoms with Crippen LogP contribution < -0.4 is 5.73 Å². The van der Waals surface area contributed by atoms with Gasteiger partial charge in [0.15, 0.2) is 5.16 Å². The van der Waals surface area contributed by atoms with Crippen LogP contribution in [0.2, 0.25) is 0 Å². The highest BCUT2D eigenvalue weighted by Gasteiger charge is 2.21. The number of fused-ring (bicyclic) bond motifs is 1. The molecule has 2 amide bonds. The Labute approximate surface area is 150 Å². The van der Waals surface area contributed by atoms with Crippen LogP contribution in [0.15, 0.2) is 29.4 Å². The Morgan fingerprint density at radius 1 is 1.24 bits per heavy atom. The van der Waals surface area contributed by atoms with Gasteiger partial charge in [-0.25, -0.2) is 0 Å². The van der Waals surface area contributed by atoms with E-state index in [2.05, 4.69) is 22.3 Å². The molecule has 0 radical (unpaired) electrons. The molecule has 0 aliphatic carbocycles. The molecule has 0 atom stereocenters. The van der Waals surface area contributed by atoms with Crippen molar-refractivity contribution >= 4 is 23.6 Å². The van der Waals surface area contributed by atoms with Gasteiger partial charge in [-0.2, -0.15) is 0 Å². The Morgan fingerprint density at radius 3 is 2.76 bits per heavy atom. The molecule has 1 aromatic heterocycles. The number of thioether (sulfide) groups is 1. The molecule has 8 heteroatoms. The van der Waals surface area contributed by atoms with Crippen molar-refractivity contribution in [2.75, 3.05) is 12.3 Å². The molecule has 0 bridgehead atoms. The van der Waals surface area contributed by atoms with E-state index in [-0.39, 0.29) is 18.2 Å². The number of primary amides is 1. The summed E-state index contributed by atoms with van der Waals surface area (Å²) in [7, 11) is 1.83. The number of aryl methyl sites for hydroxylation is 1. The van der Waals surface area contributed by atoms with E-state index in [1.165, 1.54) is 22.9 Å². The fourth-order valence-electron chi connectivity index (χ4n) is 2.85. The minimum Gasteiger partial charge on any atom is -0.370 e. The van der Waals surface area contributed by atoms with E-state index in [4.69, 9.17) is 5.73 Å². The van der Waals surface area contributed by atoms with Gasteiger partial charge in [0.25, 0.3) is 0 Å². The third-order valence-corrected chi connectivity index (χ3v) is 5.33. The lowest BCUT2D eigenvalue weighted by atomic mass is 10.00. The Bertz CT molecular complexity index is 789. The van der Waals surface area contributed by atoms with E-state index in [0.717, 1.165) is 13.0 Å². The van der Waals surface area contributed by atoms with Gasteiger partial charge >= 0.3 is 0 Å². The molecule has 0 saturated carbocycles. The Morgan fingerprint density at radius 2 is 2.00 bits per heavy atom. The van der Waals surface area contributed by atoms with E-state index >= 15 is 0 Å². The Balaban J connectivity index is 1.55. The molecule has 2 aromatic rings. The van der Waals surface area contributed by atoms with Gasteiger partial charge in [0.1, 0.15) is 5.82 Å². The summed E-state index contributed by atoms with van der Waals surface area (Å²) in [5.74, 6) is 0.754. The molecule has 0 saturated heterocycles. The summed E-state index contributed by atoms with van der Waals surface area (Å²) in [4.78, 5) is 25.3. The highest BCUT2D eigenvalue weighted by molar-refractivity contribution is 7.99. The van der Waals surface area contributed by atoms with Gasteiger partial charge < -0.3 is 15.2 Å². The predicted octanol–water partition coefficient (Wildman–Crippen LogP) is 0.910. The maximum absolute atomic E-state index is 12.5. The third kappa shape index (κ3) is 4.19. The van der Waals surface area contributed by atoms with Crippen LogP contribution in [0.4, 0.5) is 0 Å². The van der Waals surface area contributed by atoms with E-state index in [0.29, 0.717) is 29.7 Å². The number of nitrogens with two attached hydrogens (primary N) is 1. The number of nitrogens with zero attached hydrogens (tertiary/aromatic N) is 4. The van der Waals surface area contributed by atoms with Crippen LogP contribution in [-0.4, -0.2) is 43.8 Å². The Kier molecular flexibility index (Phi) is 5.37. The highest BCUT2D eigenvalue weighted by atomic mass is 32.2. The topological polar surface area (TPSA) is 94.1 Å². The molecule has 1 aliphatic heterocycles. The fraction of sp³-hybridized carbons (Fsp3) is 0.412. The van der Waals surface area contributed by atoms with Gasteiger partial charge in [0, 0.05) is 33.0 Å². The minimum atomic E-state index is -0.363. The van der Waals surface area contributed by atoms with Crippen molar-refractivity contribution in [2.45, 2.75) is 31.0 Å². The zero-order valence-electron chi connectivity index (χ0n) is 14.1. The van der Waals surface area contributed by atoms with Crippen molar-refractivity contribution in [3.05, 3.63) is 41.2 Å². The summed E-state index contributed by atoms with van der Waals surface area (Å²) in [6.45, 7) is 1.41. The van der Waals surface area contributed by atoms with Crippen molar-refractivity contribution in [1.29, 1.82) is 0 Å². The van der Waals surface area contributed by atoms with Gasteiger partial charge in [0.2, 0.25) is 11.8 Å². The number of benzene rings is 1. The zero-order chi connectivity index (χ0) is 17.8. The number of hydrogen-bond acceptors (Lipinski definition) is 5. The standard InChI is InChI=1S/C17H21N5O2S/c1-21-15(7-6-14(18)23)19-20-17(21)25-11-16(24)22-9-8-12-4-2-3-5-13(12)10-22/h2-5H,6-11H2,1H3,(H2,18,23). The van der Waals surface area contributed by atoms with Gasteiger partial charge in [-0.15, -0.1) is 10.2 Å². The second-order valence-corrected chi connectivity index (χ2v) is 6.99. The number of hydrogen-bond donors (Lipinski definition) is 1. The lowest BCUT2D eigenvalue weighted by Gasteiger charge is -2.28. The largest absolute Gasteiger partial charge is 0.370 e. The molecular weight excluding hydrogens is 338 g/mol. The van der Waals surface area contributed by atoms with Crippen molar-refractivity contribution in [1.82, 2.24) is 19.7 Å². The quantitative estimate of drug-likeness (QED) is 0.774. The monoisotopic (exact) mass is 359 g/mol. The third-order valence-electron chi connectivity index (χ3n) is 4.33. The first kappa shape index (κ1) is 17.5. The van der Waals surface area contributed by atoms with Crippen molar-refractivity contribution in [3.63, 3.8) is 0 Å². The lowest BCUT2D eigenvalue weighted by molar-refractivity contribution is -0.129. The zero-order valence-corrected chi connectivity index (χ0v) is 15.0. The molecule has 7 nitrogen and oxygen atoms in total. The molecular formula is C17H21N5O2S. The Hall–Kier alpha value is -2.35. The van der Waals surface area contributed by atoms with Gasteiger partial charge in [-0.1, -0.05) is 36.0 Å². The van der Waals surface area contributed by atoms with E-state index in [1.54, 1.807) is 0 Å². The van der Waals surface area contributed by atoms with E-state index < -0.39 is 0 Å². The average molecular weight is 359 g/mol. The normalized spacial score (nSPS) is 13.6. The maximum atomic E-state index is 12.5. The summed E-state index contributed by atoms with van der Waals surface area (Å²) >= 11 is 1.37. The predicted molar refractivity (Wildman–Crippen MR) is 94.8 cm³/mol. The first-order valence-electron chi connectivity index (χ1n) is 8.18. The van der Waals surface area contributed by atoms with Crippen molar-refractivity contribution in [3.8, 4) is 0 Å². The van der Waals surface area contributed by atoms with Crippen LogP contribution in [0.25, 0.3) is 0 Å². The molecule has 132 valence electrons. The van der Waals surface area contributed by atoms with Crippen molar-refractivity contribution < 1.29 is 9.59 Å². The summed E-state index contributed by atoms with van der Waals surface area (Å²) in [5, 5.41) is 8.84. The van der Waals surface area contributed by atoms with E-state index in [1.807, 2.05) is 28.6 Å². The fourth-order valence-corrected chi connectivity index (χ4v) is 3.68. The number of carbonyl (C=O) groups excluding carboxylic acids is 2. The van der Waals surface area contributed by atoms with Gasteiger partial charge in [0.05, 0.1) is 5.75 Å². The first-order chi connectivity index (χ1) is 12.0. The molecule has 1 aliphatic rings. The molecule has 0 fully saturated rings. The maximum Gasteiger partial charge on any atom is 0.233 e. The molecule has 2 N–H and O–H groups in total. The van der Waals surface area contributed by atoms with Crippen LogP contribution in [0.3, 0.4) is 0 Å².